The highest BCUT2D eigenvalue weighted by Gasteiger charge is 2.72. The number of likely N-dealkylation sites (tertiary alicyclic amines) is 1. The van der Waals surface area contributed by atoms with Crippen LogP contribution in [-0.4, -0.2) is 46.4 Å². The Morgan fingerprint density at radius 3 is 2.64 bits per heavy atom. The molecular weight excluding hydrogens is 521 g/mol. The number of aryl methyl sites for hydroxylation is 1. The van der Waals surface area contributed by atoms with Gasteiger partial charge in [-0.25, -0.2) is 4.39 Å². The van der Waals surface area contributed by atoms with E-state index in [-0.39, 0.29) is 24.4 Å². The summed E-state index contributed by atoms with van der Waals surface area (Å²) in [5, 5.41) is 6.54. The highest BCUT2D eigenvalue weighted by atomic mass is 35.5. The van der Waals surface area contributed by atoms with Gasteiger partial charge in [-0.1, -0.05) is 67.3 Å². The fourth-order valence-corrected chi connectivity index (χ4v) is 6.85. The first-order valence-electron chi connectivity index (χ1n) is 13.6. The third-order valence-corrected chi connectivity index (χ3v) is 9.02. The van der Waals surface area contributed by atoms with Crippen molar-refractivity contribution in [3.63, 3.8) is 0 Å². The van der Waals surface area contributed by atoms with E-state index in [1.165, 1.54) is 11.0 Å². The van der Waals surface area contributed by atoms with Crippen LogP contribution in [-0.2, 0) is 25.7 Å². The van der Waals surface area contributed by atoms with Crippen LogP contribution in [0.25, 0.3) is 0 Å². The minimum atomic E-state index is -1.31. The van der Waals surface area contributed by atoms with E-state index in [9.17, 15) is 18.8 Å². The SMILES string of the molecule is Cc1ccc(NC(=O)C2C3C=CC4(O3)C2C(=O)N(Cc2ccccc2F)C4C(=O)NC2CCCCC2)cc1Cl. The minimum Gasteiger partial charge on any atom is -0.359 e. The molecule has 2 N–H and O–H groups in total. The van der Waals surface area contributed by atoms with E-state index in [0.717, 1.165) is 37.7 Å². The Kier molecular flexibility index (Phi) is 6.71. The molecule has 1 spiro atoms. The maximum atomic E-state index is 14.7. The number of benzene rings is 2. The first kappa shape index (κ1) is 26.0. The van der Waals surface area contributed by atoms with Gasteiger partial charge in [0.05, 0.1) is 17.9 Å². The number of carbonyl (C=O) groups excluding carboxylic acids is 3. The first-order chi connectivity index (χ1) is 18.8. The highest BCUT2D eigenvalue weighted by Crippen LogP contribution is 2.55. The Bertz CT molecular complexity index is 1360. The van der Waals surface area contributed by atoms with Crippen LogP contribution in [0.5, 0.6) is 0 Å². The molecule has 7 nitrogen and oxygen atoms in total. The summed E-state index contributed by atoms with van der Waals surface area (Å²) in [4.78, 5) is 42.9. The van der Waals surface area contributed by atoms with Gasteiger partial charge in [-0.05, 0) is 43.5 Å². The van der Waals surface area contributed by atoms with E-state index < -0.39 is 41.3 Å². The first-order valence-corrected chi connectivity index (χ1v) is 13.9. The molecule has 6 rings (SSSR count). The lowest BCUT2D eigenvalue weighted by atomic mass is 9.74. The van der Waals surface area contributed by atoms with E-state index in [1.54, 1.807) is 48.6 Å². The number of ether oxygens (including phenoxy) is 1. The number of nitrogens with zero attached hydrogens (tertiary/aromatic N) is 1. The van der Waals surface area contributed by atoms with Crippen molar-refractivity contribution in [2.75, 3.05) is 5.32 Å². The molecule has 3 amide bonds. The van der Waals surface area contributed by atoms with E-state index in [1.807, 2.05) is 6.92 Å². The molecule has 9 heteroatoms. The molecule has 5 unspecified atom stereocenters. The van der Waals surface area contributed by atoms with Gasteiger partial charge in [-0.15, -0.1) is 0 Å². The average Bonchev–Trinajstić information content (AvgIpc) is 3.56. The van der Waals surface area contributed by atoms with E-state index in [2.05, 4.69) is 10.6 Å². The summed E-state index contributed by atoms with van der Waals surface area (Å²) in [6.45, 7) is 1.77. The van der Waals surface area contributed by atoms with Gasteiger partial charge in [0.2, 0.25) is 17.7 Å². The van der Waals surface area contributed by atoms with Crippen molar-refractivity contribution < 1.29 is 23.5 Å². The molecule has 4 aliphatic rings. The lowest BCUT2D eigenvalue weighted by Crippen LogP contribution is -2.56. The van der Waals surface area contributed by atoms with Crippen LogP contribution in [0, 0.1) is 24.6 Å². The van der Waals surface area contributed by atoms with Crippen LogP contribution in [0.3, 0.4) is 0 Å². The van der Waals surface area contributed by atoms with Crippen molar-refractivity contribution in [2.24, 2.45) is 11.8 Å². The molecule has 2 aromatic rings. The number of carbonyl (C=O) groups is 3. The summed E-state index contributed by atoms with van der Waals surface area (Å²) >= 11 is 6.25. The summed E-state index contributed by atoms with van der Waals surface area (Å²) in [6.07, 6.45) is 7.83. The van der Waals surface area contributed by atoms with Gasteiger partial charge in [0.15, 0.2) is 0 Å². The van der Waals surface area contributed by atoms with Gasteiger partial charge in [-0.3, -0.25) is 14.4 Å². The molecule has 39 heavy (non-hydrogen) atoms. The number of hydrogen-bond acceptors (Lipinski definition) is 4. The molecular formula is C30H31ClFN3O4. The zero-order valence-electron chi connectivity index (χ0n) is 21.7. The summed E-state index contributed by atoms with van der Waals surface area (Å²) in [6, 6.07) is 10.4. The van der Waals surface area contributed by atoms with Gasteiger partial charge >= 0.3 is 0 Å². The number of fused-ring (bicyclic) bond motifs is 1. The Balaban J connectivity index is 1.33. The van der Waals surface area contributed by atoms with Crippen LogP contribution < -0.4 is 10.6 Å². The van der Waals surface area contributed by atoms with Crippen LogP contribution in [0.1, 0.15) is 43.2 Å². The molecule has 204 valence electrons. The summed E-state index contributed by atoms with van der Waals surface area (Å²) in [5.41, 5.74) is 0.378. The topological polar surface area (TPSA) is 87.7 Å². The van der Waals surface area contributed by atoms with Gasteiger partial charge in [0, 0.05) is 28.9 Å². The monoisotopic (exact) mass is 551 g/mol. The molecule has 1 saturated carbocycles. The van der Waals surface area contributed by atoms with Crippen LogP contribution in [0.2, 0.25) is 5.02 Å². The fourth-order valence-electron chi connectivity index (χ4n) is 6.67. The third kappa shape index (κ3) is 4.43. The summed E-state index contributed by atoms with van der Waals surface area (Å²) in [5.74, 6) is -3.33. The second kappa shape index (κ2) is 10.1. The van der Waals surface area contributed by atoms with E-state index >= 15 is 0 Å². The van der Waals surface area contributed by atoms with E-state index in [4.69, 9.17) is 16.3 Å². The lowest BCUT2D eigenvalue weighted by Gasteiger charge is -2.34. The Morgan fingerprint density at radius 1 is 1.13 bits per heavy atom. The predicted octanol–water partition coefficient (Wildman–Crippen LogP) is 4.53. The second-order valence-corrected chi connectivity index (χ2v) is 11.5. The van der Waals surface area contributed by atoms with Crippen molar-refractivity contribution in [3.05, 3.63) is 76.6 Å². The maximum Gasteiger partial charge on any atom is 0.246 e. The Labute approximate surface area is 231 Å². The van der Waals surface area contributed by atoms with Crippen LogP contribution in [0.15, 0.2) is 54.6 Å². The zero-order valence-corrected chi connectivity index (χ0v) is 22.4. The second-order valence-electron chi connectivity index (χ2n) is 11.1. The quantitative estimate of drug-likeness (QED) is 0.517. The van der Waals surface area contributed by atoms with Crippen LogP contribution in [0.4, 0.5) is 10.1 Å². The van der Waals surface area contributed by atoms with Crippen molar-refractivity contribution in [3.8, 4) is 0 Å². The highest BCUT2D eigenvalue weighted by molar-refractivity contribution is 6.31. The molecule has 2 saturated heterocycles. The largest absolute Gasteiger partial charge is 0.359 e. The lowest BCUT2D eigenvalue weighted by molar-refractivity contribution is -0.142. The number of halogens is 2. The summed E-state index contributed by atoms with van der Waals surface area (Å²) in [7, 11) is 0. The smallest absolute Gasteiger partial charge is 0.246 e. The molecule has 3 aliphatic heterocycles. The molecule has 0 aromatic heterocycles. The third-order valence-electron chi connectivity index (χ3n) is 8.61. The van der Waals surface area contributed by atoms with Gasteiger partial charge in [-0.2, -0.15) is 0 Å². The molecule has 1 aliphatic carbocycles. The van der Waals surface area contributed by atoms with Crippen LogP contribution >= 0.6 is 11.6 Å². The normalized spacial score (nSPS) is 29.5. The van der Waals surface area contributed by atoms with E-state index in [0.29, 0.717) is 16.3 Å². The molecule has 3 heterocycles. The van der Waals surface area contributed by atoms with Crippen molar-refractivity contribution >= 4 is 35.0 Å². The molecule has 2 bridgehead atoms. The number of amides is 3. The maximum absolute atomic E-state index is 14.7. The summed E-state index contributed by atoms with van der Waals surface area (Å²) < 4.78 is 21.1. The number of anilines is 1. The van der Waals surface area contributed by atoms with Gasteiger partial charge < -0.3 is 20.3 Å². The Morgan fingerprint density at radius 2 is 1.90 bits per heavy atom. The number of rotatable bonds is 6. The Hall–Kier alpha value is -3.23. The predicted molar refractivity (Wildman–Crippen MR) is 144 cm³/mol. The van der Waals surface area contributed by atoms with Gasteiger partial charge in [0.25, 0.3) is 0 Å². The standard InChI is InChI=1S/C30H31ClFN3O4/c1-17-11-12-20(15-21(17)31)34-27(36)24-23-13-14-30(39-23)25(24)29(38)35(16-18-7-5-6-10-22(18)32)26(30)28(37)33-19-8-3-2-4-9-19/h5-7,10-15,19,23-26H,2-4,8-9,16H2,1H3,(H,33,37)(H,34,36). The molecule has 0 radical (unpaired) electrons. The minimum absolute atomic E-state index is 0.0140. The van der Waals surface area contributed by atoms with Crippen molar-refractivity contribution in [1.29, 1.82) is 0 Å². The molecule has 2 aromatic carbocycles. The van der Waals surface area contributed by atoms with Crippen molar-refractivity contribution in [1.82, 2.24) is 10.2 Å². The van der Waals surface area contributed by atoms with Gasteiger partial charge in [0.1, 0.15) is 17.5 Å². The number of hydrogen-bond donors (Lipinski definition) is 2. The number of nitrogens with one attached hydrogen (secondary N) is 2. The zero-order chi connectivity index (χ0) is 27.3. The molecule has 3 fully saturated rings. The van der Waals surface area contributed by atoms with Crippen molar-refractivity contribution in [2.45, 2.75) is 69.4 Å². The fraction of sp³-hybridized carbons (Fsp3) is 0.433. The average molecular weight is 552 g/mol. The molecule has 5 atom stereocenters.